The molecule has 0 spiro atoms. The minimum absolute atomic E-state index is 0.238. The van der Waals surface area contributed by atoms with E-state index in [1.165, 1.54) is 25.7 Å². The van der Waals surface area contributed by atoms with Gasteiger partial charge in [0.2, 0.25) is 0 Å². The maximum atomic E-state index is 9.98. The van der Waals surface area contributed by atoms with E-state index in [0.29, 0.717) is 28.4 Å². The Morgan fingerprint density at radius 2 is 2.00 bits per heavy atom. The Balaban J connectivity index is 1.69. The first-order chi connectivity index (χ1) is 10.1. The molecule has 0 aliphatic heterocycles. The Morgan fingerprint density at radius 1 is 1.29 bits per heavy atom. The van der Waals surface area contributed by atoms with E-state index in [4.69, 9.17) is 27.9 Å². The molecular weight excluding hydrogens is 309 g/mol. The van der Waals surface area contributed by atoms with Crippen LogP contribution in [-0.2, 0) is 0 Å². The van der Waals surface area contributed by atoms with Crippen molar-refractivity contribution in [1.82, 2.24) is 5.32 Å². The Bertz CT molecular complexity index is 450. The van der Waals surface area contributed by atoms with E-state index in [2.05, 4.69) is 12.2 Å². The van der Waals surface area contributed by atoms with Gasteiger partial charge in [0.15, 0.2) is 0 Å². The number of benzene rings is 1. The van der Waals surface area contributed by atoms with Gasteiger partial charge in [0, 0.05) is 18.7 Å². The van der Waals surface area contributed by atoms with Crippen LogP contribution in [0.5, 0.6) is 5.75 Å². The summed E-state index contributed by atoms with van der Waals surface area (Å²) < 4.78 is 5.53. The first-order valence-electron chi connectivity index (χ1n) is 7.55. The number of halogens is 2. The van der Waals surface area contributed by atoms with Crippen LogP contribution in [-0.4, -0.2) is 30.4 Å². The highest BCUT2D eigenvalue weighted by Gasteiger charge is 2.21. The van der Waals surface area contributed by atoms with Crippen LogP contribution >= 0.6 is 23.2 Å². The fourth-order valence-electron chi connectivity index (χ4n) is 2.76. The quantitative estimate of drug-likeness (QED) is 0.796. The second-order valence-corrected chi connectivity index (χ2v) is 6.60. The largest absolute Gasteiger partial charge is 0.491 e. The summed E-state index contributed by atoms with van der Waals surface area (Å²) in [6.45, 7) is 2.98. The van der Waals surface area contributed by atoms with Crippen LogP contribution in [0.4, 0.5) is 0 Å². The molecule has 3 nitrogen and oxygen atoms in total. The maximum absolute atomic E-state index is 9.98. The van der Waals surface area contributed by atoms with E-state index in [1.807, 2.05) is 0 Å². The predicted molar refractivity (Wildman–Crippen MR) is 87.4 cm³/mol. The molecule has 1 fully saturated rings. The van der Waals surface area contributed by atoms with Crippen LogP contribution in [0.1, 0.15) is 32.6 Å². The lowest BCUT2D eigenvalue weighted by Crippen LogP contribution is -2.39. The number of rotatable bonds is 7. The third-order valence-corrected chi connectivity index (χ3v) is 4.85. The predicted octanol–water partition coefficient (Wildman–Crippen LogP) is 3.90. The molecule has 0 bridgehead atoms. The fourth-order valence-corrected chi connectivity index (χ4v) is 3.05. The smallest absolute Gasteiger partial charge is 0.121 e. The summed E-state index contributed by atoms with van der Waals surface area (Å²) in [5.41, 5.74) is 0. The molecule has 2 rings (SSSR count). The summed E-state index contributed by atoms with van der Waals surface area (Å²) >= 11 is 11.8. The highest BCUT2D eigenvalue weighted by atomic mass is 35.5. The molecule has 0 radical (unpaired) electrons. The van der Waals surface area contributed by atoms with Gasteiger partial charge in [-0.1, -0.05) is 36.0 Å². The van der Waals surface area contributed by atoms with E-state index in [1.54, 1.807) is 18.2 Å². The van der Waals surface area contributed by atoms with Crippen LogP contribution in [0.25, 0.3) is 0 Å². The van der Waals surface area contributed by atoms with Gasteiger partial charge in [0.05, 0.1) is 10.0 Å². The Hall–Kier alpha value is -0.480. The molecular formula is C16H23Cl2NO2. The molecule has 2 N–H and O–H groups in total. The number of nitrogens with one attached hydrogen (secondary N) is 1. The minimum atomic E-state index is -0.539. The van der Waals surface area contributed by atoms with Gasteiger partial charge in [-0.2, -0.15) is 0 Å². The number of aliphatic hydroxyl groups excluding tert-OH is 1. The maximum Gasteiger partial charge on any atom is 0.121 e. The monoisotopic (exact) mass is 331 g/mol. The lowest BCUT2D eigenvalue weighted by Gasteiger charge is -2.22. The Morgan fingerprint density at radius 3 is 2.67 bits per heavy atom. The van der Waals surface area contributed by atoms with Crippen molar-refractivity contribution in [1.29, 1.82) is 0 Å². The van der Waals surface area contributed by atoms with Crippen molar-refractivity contribution in [3.63, 3.8) is 0 Å². The van der Waals surface area contributed by atoms with Gasteiger partial charge < -0.3 is 15.2 Å². The second kappa shape index (κ2) is 8.23. The first kappa shape index (κ1) is 16.9. The lowest BCUT2D eigenvalue weighted by molar-refractivity contribution is 0.102. The third-order valence-electron chi connectivity index (χ3n) is 4.12. The fraction of sp³-hybridized carbons (Fsp3) is 0.625. The average Bonchev–Trinajstić information content (AvgIpc) is 3.00. The van der Waals surface area contributed by atoms with Gasteiger partial charge >= 0.3 is 0 Å². The zero-order chi connectivity index (χ0) is 15.2. The summed E-state index contributed by atoms with van der Waals surface area (Å²) in [5, 5.41) is 14.3. The zero-order valence-electron chi connectivity index (χ0n) is 12.3. The molecule has 118 valence electrons. The van der Waals surface area contributed by atoms with Crippen molar-refractivity contribution < 1.29 is 9.84 Å². The van der Waals surface area contributed by atoms with Crippen molar-refractivity contribution in [2.24, 2.45) is 5.92 Å². The molecule has 0 amide bonds. The molecule has 1 aliphatic carbocycles. The Kier molecular flexibility index (Phi) is 6.62. The standard InChI is InChI=1S/C16H23Cl2NO2/c1-11(12-4-2-3-5-12)19-9-13(20)10-21-14-6-7-15(17)16(18)8-14/h6-8,11-13,19-20H,2-5,9-10H2,1H3/t11-,13?/m0/s1. The third kappa shape index (κ3) is 5.33. The van der Waals surface area contributed by atoms with E-state index < -0.39 is 6.10 Å². The number of ether oxygens (including phenoxy) is 1. The molecule has 0 heterocycles. The molecule has 1 unspecified atom stereocenters. The van der Waals surface area contributed by atoms with Crippen LogP contribution in [0.2, 0.25) is 10.0 Å². The van der Waals surface area contributed by atoms with Crippen molar-refractivity contribution >= 4 is 23.2 Å². The van der Waals surface area contributed by atoms with Crippen molar-refractivity contribution in [3.8, 4) is 5.75 Å². The normalized spacial score (nSPS) is 18.7. The summed E-state index contributed by atoms with van der Waals surface area (Å²) in [6, 6.07) is 5.54. The number of hydrogen-bond donors (Lipinski definition) is 2. The average molecular weight is 332 g/mol. The highest BCUT2D eigenvalue weighted by molar-refractivity contribution is 6.42. The van der Waals surface area contributed by atoms with Gasteiger partial charge in [-0.25, -0.2) is 0 Å². The molecule has 1 aromatic carbocycles. The first-order valence-corrected chi connectivity index (χ1v) is 8.31. The molecule has 5 heteroatoms. The van der Waals surface area contributed by atoms with Crippen molar-refractivity contribution in [3.05, 3.63) is 28.2 Å². The molecule has 1 aliphatic rings. The SMILES string of the molecule is C[C@H](NCC(O)COc1ccc(Cl)c(Cl)c1)C1CCCC1. The van der Waals surface area contributed by atoms with Crippen molar-refractivity contribution in [2.75, 3.05) is 13.2 Å². The minimum Gasteiger partial charge on any atom is -0.491 e. The van der Waals surface area contributed by atoms with Crippen LogP contribution < -0.4 is 10.1 Å². The van der Waals surface area contributed by atoms with E-state index in [0.717, 1.165) is 5.92 Å². The topological polar surface area (TPSA) is 41.5 Å². The van der Waals surface area contributed by atoms with Crippen LogP contribution in [0.3, 0.4) is 0 Å². The summed E-state index contributed by atoms with van der Waals surface area (Å²) in [6.07, 6.45) is 4.72. The summed E-state index contributed by atoms with van der Waals surface area (Å²) in [7, 11) is 0. The second-order valence-electron chi connectivity index (χ2n) is 5.78. The molecule has 21 heavy (non-hydrogen) atoms. The van der Waals surface area contributed by atoms with Crippen molar-refractivity contribution in [2.45, 2.75) is 44.8 Å². The Labute approximate surface area is 136 Å². The van der Waals surface area contributed by atoms with Crippen LogP contribution in [0, 0.1) is 5.92 Å². The molecule has 0 saturated heterocycles. The van der Waals surface area contributed by atoms with Gasteiger partial charge in [-0.05, 0) is 37.8 Å². The number of aliphatic hydroxyl groups is 1. The van der Waals surface area contributed by atoms with E-state index in [9.17, 15) is 5.11 Å². The lowest BCUT2D eigenvalue weighted by atomic mass is 10.00. The highest BCUT2D eigenvalue weighted by Crippen LogP contribution is 2.28. The molecule has 2 atom stereocenters. The molecule has 1 saturated carbocycles. The molecule has 1 aromatic rings. The molecule has 0 aromatic heterocycles. The summed E-state index contributed by atoms with van der Waals surface area (Å²) in [4.78, 5) is 0. The number of hydrogen-bond acceptors (Lipinski definition) is 3. The van der Waals surface area contributed by atoms with Gasteiger partial charge in [-0.15, -0.1) is 0 Å². The van der Waals surface area contributed by atoms with E-state index >= 15 is 0 Å². The van der Waals surface area contributed by atoms with Crippen LogP contribution in [0.15, 0.2) is 18.2 Å². The van der Waals surface area contributed by atoms with Gasteiger partial charge in [0.1, 0.15) is 18.5 Å². The van der Waals surface area contributed by atoms with Gasteiger partial charge in [-0.3, -0.25) is 0 Å². The van der Waals surface area contributed by atoms with E-state index in [-0.39, 0.29) is 6.61 Å². The van der Waals surface area contributed by atoms with Gasteiger partial charge in [0.25, 0.3) is 0 Å². The summed E-state index contributed by atoms with van der Waals surface area (Å²) in [5.74, 6) is 1.36. The zero-order valence-corrected chi connectivity index (χ0v) is 13.8.